The van der Waals surface area contributed by atoms with Crippen LogP contribution in [-0.4, -0.2) is 28.0 Å². The SMILES string of the molecule is CC1CCCN(c2ncnc3[nH]cc(-c4cccc(C#N)c4)c23)C1. The predicted molar refractivity (Wildman–Crippen MR) is 94.7 cm³/mol. The van der Waals surface area contributed by atoms with Crippen LogP contribution in [0.4, 0.5) is 5.82 Å². The molecule has 0 amide bonds. The highest BCUT2D eigenvalue weighted by Crippen LogP contribution is 2.35. The number of rotatable bonds is 2. The summed E-state index contributed by atoms with van der Waals surface area (Å²) in [5, 5.41) is 10.2. The molecule has 0 aliphatic carbocycles. The number of benzene rings is 1. The second-order valence-electron chi connectivity index (χ2n) is 6.51. The first-order valence-corrected chi connectivity index (χ1v) is 8.34. The zero-order valence-electron chi connectivity index (χ0n) is 13.7. The van der Waals surface area contributed by atoms with Gasteiger partial charge in [-0.2, -0.15) is 5.26 Å². The van der Waals surface area contributed by atoms with Gasteiger partial charge in [-0.3, -0.25) is 0 Å². The first-order valence-electron chi connectivity index (χ1n) is 8.34. The molecule has 5 nitrogen and oxygen atoms in total. The van der Waals surface area contributed by atoms with E-state index >= 15 is 0 Å². The van der Waals surface area contributed by atoms with Crippen LogP contribution in [0.15, 0.2) is 36.8 Å². The fraction of sp³-hybridized carbons (Fsp3) is 0.316. The van der Waals surface area contributed by atoms with Crippen molar-refractivity contribution < 1.29 is 0 Å². The van der Waals surface area contributed by atoms with Gasteiger partial charge in [-0.15, -0.1) is 0 Å². The minimum Gasteiger partial charge on any atom is -0.356 e. The Balaban J connectivity index is 1.87. The minimum absolute atomic E-state index is 0.659. The van der Waals surface area contributed by atoms with Crippen LogP contribution in [0, 0.1) is 17.2 Å². The van der Waals surface area contributed by atoms with E-state index in [4.69, 9.17) is 5.26 Å². The van der Waals surface area contributed by atoms with Crippen molar-refractivity contribution in [1.29, 1.82) is 5.26 Å². The Morgan fingerprint density at radius 3 is 3.08 bits per heavy atom. The van der Waals surface area contributed by atoms with Gasteiger partial charge in [0.05, 0.1) is 17.0 Å². The van der Waals surface area contributed by atoms with Crippen LogP contribution in [0.2, 0.25) is 0 Å². The van der Waals surface area contributed by atoms with E-state index in [1.165, 1.54) is 12.8 Å². The molecule has 3 aromatic rings. The van der Waals surface area contributed by atoms with E-state index in [1.807, 2.05) is 30.5 Å². The van der Waals surface area contributed by atoms with Gasteiger partial charge in [-0.25, -0.2) is 9.97 Å². The van der Waals surface area contributed by atoms with Gasteiger partial charge in [0.15, 0.2) is 0 Å². The summed E-state index contributed by atoms with van der Waals surface area (Å²) in [4.78, 5) is 14.6. The first-order chi connectivity index (χ1) is 11.8. The number of nitrogens with zero attached hydrogens (tertiary/aromatic N) is 4. The molecule has 0 radical (unpaired) electrons. The zero-order valence-corrected chi connectivity index (χ0v) is 13.7. The summed E-state index contributed by atoms with van der Waals surface area (Å²) >= 11 is 0. The summed E-state index contributed by atoms with van der Waals surface area (Å²) in [6.07, 6.45) is 6.06. The van der Waals surface area contributed by atoms with Crippen LogP contribution in [0.3, 0.4) is 0 Å². The Hall–Kier alpha value is -2.87. The number of hydrogen-bond acceptors (Lipinski definition) is 4. The third kappa shape index (κ3) is 2.50. The van der Waals surface area contributed by atoms with Crippen LogP contribution in [-0.2, 0) is 0 Å². The average molecular weight is 317 g/mol. The third-order valence-electron chi connectivity index (χ3n) is 4.71. The van der Waals surface area contributed by atoms with Gasteiger partial charge in [0.2, 0.25) is 0 Å². The lowest BCUT2D eigenvalue weighted by Gasteiger charge is -2.32. The maximum Gasteiger partial charge on any atom is 0.143 e. The molecule has 1 aromatic carbocycles. The molecule has 1 atom stereocenters. The van der Waals surface area contributed by atoms with Crippen molar-refractivity contribution in [2.24, 2.45) is 5.92 Å². The highest BCUT2D eigenvalue weighted by atomic mass is 15.2. The largest absolute Gasteiger partial charge is 0.356 e. The molecule has 120 valence electrons. The molecule has 2 aromatic heterocycles. The molecule has 1 aliphatic heterocycles. The normalized spacial score (nSPS) is 17.8. The molecule has 5 heteroatoms. The van der Waals surface area contributed by atoms with E-state index in [-0.39, 0.29) is 0 Å². The van der Waals surface area contributed by atoms with Crippen LogP contribution in [0.25, 0.3) is 22.2 Å². The average Bonchev–Trinajstić information content (AvgIpc) is 3.06. The predicted octanol–water partition coefficient (Wildman–Crippen LogP) is 3.73. The van der Waals surface area contributed by atoms with Gasteiger partial charge in [0.25, 0.3) is 0 Å². The molecular formula is C19H19N5. The maximum atomic E-state index is 9.17. The molecular weight excluding hydrogens is 298 g/mol. The van der Waals surface area contributed by atoms with E-state index in [9.17, 15) is 0 Å². The van der Waals surface area contributed by atoms with Gasteiger partial charge >= 0.3 is 0 Å². The van der Waals surface area contributed by atoms with Gasteiger partial charge < -0.3 is 9.88 Å². The van der Waals surface area contributed by atoms with Crippen molar-refractivity contribution in [3.8, 4) is 17.2 Å². The van der Waals surface area contributed by atoms with Crippen molar-refractivity contribution in [1.82, 2.24) is 15.0 Å². The molecule has 0 saturated carbocycles. The lowest BCUT2D eigenvalue weighted by atomic mass is 9.99. The summed E-state index contributed by atoms with van der Waals surface area (Å²) in [5.41, 5.74) is 3.57. The Morgan fingerprint density at radius 1 is 1.33 bits per heavy atom. The van der Waals surface area contributed by atoms with Crippen LogP contribution in [0.1, 0.15) is 25.3 Å². The number of hydrogen-bond donors (Lipinski definition) is 1. The quantitative estimate of drug-likeness (QED) is 0.782. The first kappa shape index (κ1) is 14.7. The Kier molecular flexibility index (Phi) is 3.66. The second kappa shape index (κ2) is 5.97. The number of nitrogens with one attached hydrogen (secondary N) is 1. The summed E-state index contributed by atoms with van der Waals surface area (Å²) in [6, 6.07) is 9.89. The third-order valence-corrected chi connectivity index (χ3v) is 4.71. The summed E-state index contributed by atoms with van der Waals surface area (Å²) in [7, 11) is 0. The molecule has 3 heterocycles. The lowest BCUT2D eigenvalue weighted by Crippen LogP contribution is -2.35. The minimum atomic E-state index is 0.659. The van der Waals surface area contributed by atoms with E-state index in [0.717, 1.165) is 41.1 Å². The fourth-order valence-electron chi connectivity index (χ4n) is 3.55. The van der Waals surface area contributed by atoms with E-state index in [0.29, 0.717) is 11.5 Å². The number of aromatic nitrogens is 3. The molecule has 1 unspecified atom stereocenters. The smallest absolute Gasteiger partial charge is 0.143 e. The van der Waals surface area contributed by atoms with Crippen LogP contribution >= 0.6 is 0 Å². The number of fused-ring (bicyclic) bond motifs is 1. The lowest BCUT2D eigenvalue weighted by molar-refractivity contribution is 0.445. The molecule has 1 saturated heterocycles. The van der Waals surface area contributed by atoms with E-state index in [2.05, 4.69) is 32.8 Å². The molecule has 24 heavy (non-hydrogen) atoms. The fourth-order valence-corrected chi connectivity index (χ4v) is 3.55. The molecule has 1 fully saturated rings. The number of nitriles is 1. The van der Waals surface area contributed by atoms with Gasteiger partial charge in [0, 0.05) is 24.8 Å². The van der Waals surface area contributed by atoms with Crippen LogP contribution < -0.4 is 4.90 Å². The number of piperidine rings is 1. The molecule has 1 N–H and O–H groups in total. The summed E-state index contributed by atoms with van der Waals surface area (Å²) in [6.45, 7) is 4.34. The molecule has 1 aliphatic rings. The molecule has 0 spiro atoms. The number of H-pyrrole nitrogens is 1. The standard InChI is InChI=1S/C19H19N5/c1-13-4-3-7-24(11-13)19-17-16(10-21-18(17)22-12-23-19)15-6-2-5-14(8-15)9-20/h2,5-6,8,10,12-13H,3-4,7,11H2,1H3,(H,21,22,23). The zero-order chi connectivity index (χ0) is 16.5. The highest BCUT2D eigenvalue weighted by Gasteiger charge is 2.22. The van der Waals surface area contributed by atoms with E-state index in [1.54, 1.807) is 6.33 Å². The number of anilines is 1. The van der Waals surface area contributed by atoms with Crippen molar-refractivity contribution in [2.75, 3.05) is 18.0 Å². The van der Waals surface area contributed by atoms with Gasteiger partial charge in [0.1, 0.15) is 17.8 Å². The molecule has 0 bridgehead atoms. The topological polar surface area (TPSA) is 68.6 Å². The number of aromatic amines is 1. The highest BCUT2D eigenvalue weighted by molar-refractivity contribution is 6.01. The Labute approximate surface area is 141 Å². The second-order valence-corrected chi connectivity index (χ2v) is 6.51. The van der Waals surface area contributed by atoms with Gasteiger partial charge in [-0.05, 0) is 36.5 Å². The van der Waals surface area contributed by atoms with Crippen molar-refractivity contribution in [2.45, 2.75) is 19.8 Å². The van der Waals surface area contributed by atoms with Gasteiger partial charge in [-0.1, -0.05) is 19.1 Å². The van der Waals surface area contributed by atoms with Crippen molar-refractivity contribution in [3.63, 3.8) is 0 Å². The Bertz CT molecular complexity index is 921. The van der Waals surface area contributed by atoms with E-state index < -0.39 is 0 Å². The summed E-state index contributed by atoms with van der Waals surface area (Å²) in [5.74, 6) is 1.67. The van der Waals surface area contributed by atoms with Crippen LogP contribution in [0.5, 0.6) is 0 Å². The van der Waals surface area contributed by atoms with Crippen molar-refractivity contribution >= 4 is 16.9 Å². The summed E-state index contributed by atoms with van der Waals surface area (Å²) < 4.78 is 0. The Morgan fingerprint density at radius 2 is 2.25 bits per heavy atom. The molecule has 4 rings (SSSR count). The van der Waals surface area contributed by atoms with Crippen molar-refractivity contribution in [3.05, 3.63) is 42.4 Å². The monoisotopic (exact) mass is 317 g/mol. The maximum absolute atomic E-state index is 9.17.